The van der Waals surface area contributed by atoms with E-state index in [-0.39, 0.29) is 11.7 Å². The SMILES string of the molecule is C[C@H](CN1CCCCC1)[C@H](O)c1cc(F)c2c(c1)OCCO2. The molecule has 122 valence electrons. The second kappa shape index (κ2) is 6.84. The molecule has 2 aliphatic heterocycles. The number of benzene rings is 1. The molecule has 0 saturated carbocycles. The lowest BCUT2D eigenvalue weighted by atomic mass is 9.95. The van der Waals surface area contributed by atoms with Crippen LogP contribution in [-0.4, -0.2) is 42.9 Å². The molecule has 2 heterocycles. The number of hydrogen-bond donors (Lipinski definition) is 1. The number of aliphatic hydroxyl groups excluding tert-OH is 1. The molecule has 0 amide bonds. The molecule has 3 rings (SSSR count). The van der Waals surface area contributed by atoms with Crippen molar-refractivity contribution >= 4 is 0 Å². The lowest BCUT2D eigenvalue weighted by Crippen LogP contribution is -2.35. The average molecular weight is 309 g/mol. The summed E-state index contributed by atoms with van der Waals surface area (Å²) < 4.78 is 24.8. The summed E-state index contributed by atoms with van der Waals surface area (Å²) in [6, 6.07) is 3.07. The summed E-state index contributed by atoms with van der Waals surface area (Å²) in [6.07, 6.45) is 3.04. The van der Waals surface area contributed by atoms with Crippen molar-refractivity contribution < 1.29 is 19.0 Å². The number of likely N-dealkylation sites (tertiary alicyclic amines) is 1. The Kier molecular flexibility index (Phi) is 4.84. The highest BCUT2D eigenvalue weighted by molar-refractivity contribution is 5.45. The van der Waals surface area contributed by atoms with Gasteiger partial charge >= 0.3 is 0 Å². The van der Waals surface area contributed by atoms with E-state index in [0.29, 0.717) is 24.5 Å². The third kappa shape index (κ3) is 3.36. The fourth-order valence-corrected chi connectivity index (χ4v) is 3.28. The second-order valence-corrected chi connectivity index (χ2v) is 6.31. The molecule has 1 fully saturated rings. The molecular formula is C17H24FNO3. The Morgan fingerprint density at radius 3 is 2.68 bits per heavy atom. The van der Waals surface area contributed by atoms with E-state index in [1.807, 2.05) is 6.92 Å². The maximum atomic E-state index is 14.1. The molecule has 5 heteroatoms. The third-order valence-corrected chi connectivity index (χ3v) is 4.49. The van der Waals surface area contributed by atoms with Crippen LogP contribution in [0.3, 0.4) is 0 Å². The summed E-state index contributed by atoms with van der Waals surface area (Å²) in [6.45, 7) is 5.79. The quantitative estimate of drug-likeness (QED) is 0.928. The summed E-state index contributed by atoms with van der Waals surface area (Å²) in [4.78, 5) is 2.38. The number of nitrogens with zero attached hydrogens (tertiary/aromatic N) is 1. The van der Waals surface area contributed by atoms with Crippen LogP contribution in [0.5, 0.6) is 11.5 Å². The van der Waals surface area contributed by atoms with Crippen LogP contribution < -0.4 is 9.47 Å². The van der Waals surface area contributed by atoms with Crippen molar-refractivity contribution in [2.75, 3.05) is 32.8 Å². The molecule has 22 heavy (non-hydrogen) atoms. The first-order valence-corrected chi connectivity index (χ1v) is 8.14. The van der Waals surface area contributed by atoms with E-state index in [0.717, 1.165) is 19.6 Å². The number of rotatable bonds is 4. The second-order valence-electron chi connectivity index (χ2n) is 6.31. The summed E-state index contributed by atoms with van der Waals surface area (Å²) in [7, 11) is 0. The van der Waals surface area contributed by atoms with Gasteiger partial charge in [-0.15, -0.1) is 0 Å². The van der Waals surface area contributed by atoms with Crippen LogP contribution in [0.25, 0.3) is 0 Å². The predicted octanol–water partition coefficient (Wildman–Crippen LogP) is 2.75. The molecule has 0 radical (unpaired) electrons. The van der Waals surface area contributed by atoms with Gasteiger partial charge in [-0.2, -0.15) is 0 Å². The first kappa shape index (κ1) is 15.6. The molecule has 0 aliphatic carbocycles. The molecule has 0 aromatic heterocycles. The Bertz CT molecular complexity index is 517. The van der Waals surface area contributed by atoms with E-state index in [1.165, 1.54) is 25.3 Å². The van der Waals surface area contributed by atoms with E-state index in [2.05, 4.69) is 4.90 Å². The molecule has 0 unspecified atom stereocenters. The van der Waals surface area contributed by atoms with Gasteiger partial charge in [0.15, 0.2) is 17.3 Å². The molecule has 1 aromatic rings. The highest BCUT2D eigenvalue weighted by atomic mass is 19.1. The predicted molar refractivity (Wildman–Crippen MR) is 81.8 cm³/mol. The largest absolute Gasteiger partial charge is 0.486 e. The molecule has 4 nitrogen and oxygen atoms in total. The minimum atomic E-state index is -0.702. The Morgan fingerprint density at radius 2 is 1.91 bits per heavy atom. The number of fused-ring (bicyclic) bond motifs is 1. The van der Waals surface area contributed by atoms with E-state index in [4.69, 9.17) is 9.47 Å². The Morgan fingerprint density at radius 1 is 1.18 bits per heavy atom. The van der Waals surface area contributed by atoms with Crippen molar-refractivity contribution in [3.8, 4) is 11.5 Å². The van der Waals surface area contributed by atoms with Gasteiger partial charge < -0.3 is 19.5 Å². The zero-order valence-electron chi connectivity index (χ0n) is 13.1. The van der Waals surface area contributed by atoms with E-state index < -0.39 is 11.9 Å². The Hall–Kier alpha value is -1.33. The van der Waals surface area contributed by atoms with E-state index >= 15 is 0 Å². The normalized spacial score (nSPS) is 21.4. The van der Waals surface area contributed by atoms with Crippen molar-refractivity contribution in [3.05, 3.63) is 23.5 Å². The first-order chi connectivity index (χ1) is 10.6. The summed E-state index contributed by atoms with van der Waals surface area (Å²) in [5.74, 6) is 0.132. The molecule has 1 saturated heterocycles. The first-order valence-electron chi connectivity index (χ1n) is 8.14. The van der Waals surface area contributed by atoms with Gasteiger partial charge in [0.05, 0.1) is 6.10 Å². The van der Waals surface area contributed by atoms with Crippen LogP contribution >= 0.6 is 0 Å². The summed E-state index contributed by atoms with van der Waals surface area (Å²) in [5.41, 5.74) is 0.561. The van der Waals surface area contributed by atoms with E-state index in [1.54, 1.807) is 6.07 Å². The number of ether oxygens (including phenoxy) is 2. The van der Waals surface area contributed by atoms with Crippen LogP contribution in [0, 0.1) is 11.7 Å². The molecule has 2 aliphatic rings. The summed E-state index contributed by atoms with van der Waals surface area (Å²) in [5, 5.41) is 10.6. The molecule has 0 bridgehead atoms. The van der Waals surface area contributed by atoms with Crippen LogP contribution in [0.15, 0.2) is 12.1 Å². The van der Waals surface area contributed by atoms with Crippen LogP contribution in [-0.2, 0) is 0 Å². The number of aliphatic hydroxyl groups is 1. The number of hydrogen-bond acceptors (Lipinski definition) is 4. The van der Waals surface area contributed by atoms with Crippen molar-refractivity contribution in [1.29, 1.82) is 0 Å². The van der Waals surface area contributed by atoms with E-state index in [9.17, 15) is 9.50 Å². The van der Waals surface area contributed by atoms with Gasteiger partial charge in [-0.25, -0.2) is 4.39 Å². The van der Waals surface area contributed by atoms with Crippen LogP contribution in [0.4, 0.5) is 4.39 Å². The maximum Gasteiger partial charge on any atom is 0.197 e. The lowest BCUT2D eigenvalue weighted by Gasteiger charge is -2.31. The van der Waals surface area contributed by atoms with Crippen LogP contribution in [0.1, 0.15) is 37.9 Å². The van der Waals surface area contributed by atoms with Crippen molar-refractivity contribution in [2.24, 2.45) is 5.92 Å². The molecule has 0 spiro atoms. The fraction of sp³-hybridized carbons (Fsp3) is 0.647. The van der Waals surface area contributed by atoms with Gasteiger partial charge in [0, 0.05) is 6.54 Å². The van der Waals surface area contributed by atoms with Crippen molar-refractivity contribution in [2.45, 2.75) is 32.3 Å². The van der Waals surface area contributed by atoms with Crippen molar-refractivity contribution in [3.63, 3.8) is 0 Å². The highest BCUT2D eigenvalue weighted by Gasteiger charge is 2.25. The fourth-order valence-electron chi connectivity index (χ4n) is 3.28. The van der Waals surface area contributed by atoms with Gasteiger partial charge in [-0.05, 0) is 49.5 Å². The minimum absolute atomic E-state index is 0.0417. The highest BCUT2D eigenvalue weighted by Crippen LogP contribution is 2.37. The van der Waals surface area contributed by atoms with Crippen LogP contribution in [0.2, 0.25) is 0 Å². The lowest BCUT2D eigenvalue weighted by molar-refractivity contribution is 0.0809. The molecule has 1 aromatic carbocycles. The maximum absolute atomic E-state index is 14.1. The van der Waals surface area contributed by atoms with Crippen molar-refractivity contribution in [1.82, 2.24) is 4.90 Å². The van der Waals surface area contributed by atoms with Gasteiger partial charge in [0.25, 0.3) is 0 Å². The summed E-state index contributed by atoms with van der Waals surface area (Å²) >= 11 is 0. The third-order valence-electron chi connectivity index (χ3n) is 4.49. The molecular weight excluding hydrogens is 285 g/mol. The zero-order chi connectivity index (χ0) is 15.5. The minimum Gasteiger partial charge on any atom is -0.486 e. The van der Waals surface area contributed by atoms with Gasteiger partial charge in [0.1, 0.15) is 13.2 Å². The standard InChI is InChI=1S/C17H24FNO3/c1-12(11-19-5-3-2-4-6-19)16(20)13-9-14(18)17-15(10-13)21-7-8-22-17/h9-10,12,16,20H,2-8,11H2,1H3/t12-,16+/m1/s1. The number of piperidine rings is 1. The molecule has 1 N–H and O–H groups in total. The molecule has 2 atom stereocenters. The van der Waals surface area contributed by atoms with Gasteiger partial charge in [-0.3, -0.25) is 0 Å². The number of halogens is 1. The average Bonchev–Trinajstić information content (AvgIpc) is 2.55. The Balaban J connectivity index is 1.70. The Labute approximate surface area is 130 Å². The topological polar surface area (TPSA) is 41.9 Å². The van der Waals surface area contributed by atoms with Gasteiger partial charge in [-0.1, -0.05) is 13.3 Å². The van der Waals surface area contributed by atoms with Gasteiger partial charge in [0.2, 0.25) is 0 Å². The smallest absolute Gasteiger partial charge is 0.197 e. The zero-order valence-corrected chi connectivity index (χ0v) is 13.1. The monoisotopic (exact) mass is 309 g/mol.